The van der Waals surface area contributed by atoms with Crippen LogP contribution in [0.2, 0.25) is 0 Å². The van der Waals surface area contributed by atoms with E-state index < -0.39 is 0 Å². The average Bonchev–Trinajstić information content (AvgIpc) is 3.32. The highest BCUT2D eigenvalue weighted by Gasteiger charge is 2.25. The first-order valence-corrected chi connectivity index (χ1v) is 9.53. The van der Waals surface area contributed by atoms with Gasteiger partial charge in [-0.05, 0) is 37.6 Å². The fourth-order valence-corrected chi connectivity index (χ4v) is 3.71. The molecule has 4 aromatic rings. The van der Waals surface area contributed by atoms with Crippen molar-refractivity contribution in [3.8, 4) is 17.3 Å². The number of carbonyl (C=O) groups is 1. The van der Waals surface area contributed by atoms with Crippen LogP contribution in [0, 0.1) is 18.3 Å². The third-order valence-corrected chi connectivity index (χ3v) is 4.97. The Bertz CT molecular complexity index is 1270. The van der Waals surface area contributed by atoms with E-state index in [0.29, 0.717) is 17.9 Å². The van der Waals surface area contributed by atoms with Crippen molar-refractivity contribution in [3.63, 3.8) is 0 Å². The number of aryl methyl sites for hydroxylation is 2. The normalized spacial score (nSPS) is 11.6. The van der Waals surface area contributed by atoms with E-state index >= 15 is 0 Å². The molecule has 4 nitrogen and oxygen atoms in total. The Labute approximate surface area is 169 Å². The van der Waals surface area contributed by atoms with E-state index in [1.807, 2.05) is 67.6 Å². The highest BCUT2D eigenvalue weighted by atomic mass is 16.3. The lowest BCUT2D eigenvalue weighted by molar-refractivity contribution is 0.104. The van der Waals surface area contributed by atoms with Gasteiger partial charge < -0.3 is 8.98 Å². The topological polar surface area (TPSA) is 58.9 Å². The molecule has 4 heteroatoms. The molecular weight excluding hydrogens is 360 g/mol. The number of benzene rings is 2. The maximum Gasteiger partial charge on any atom is 0.206 e. The number of hydrogen-bond acceptors (Lipinski definition) is 3. The predicted molar refractivity (Wildman–Crippen MR) is 114 cm³/mol. The van der Waals surface area contributed by atoms with Gasteiger partial charge in [-0.15, -0.1) is 0 Å². The summed E-state index contributed by atoms with van der Waals surface area (Å²) >= 11 is 0. The zero-order chi connectivity index (χ0) is 20.4. The lowest BCUT2D eigenvalue weighted by Crippen LogP contribution is -2.05. The van der Waals surface area contributed by atoms with E-state index in [4.69, 9.17) is 4.42 Å². The molecule has 0 aliphatic heterocycles. The summed E-state index contributed by atoms with van der Waals surface area (Å²) in [5, 5.41) is 10.6. The van der Waals surface area contributed by atoms with Gasteiger partial charge in [-0.2, -0.15) is 5.26 Å². The number of furan rings is 1. The number of rotatable bonds is 5. The van der Waals surface area contributed by atoms with Crippen molar-refractivity contribution in [1.29, 1.82) is 5.26 Å². The molecule has 0 spiro atoms. The van der Waals surface area contributed by atoms with E-state index in [9.17, 15) is 10.1 Å². The first-order chi connectivity index (χ1) is 14.1. The molecule has 0 N–H and O–H groups in total. The van der Waals surface area contributed by atoms with Crippen molar-refractivity contribution in [3.05, 3.63) is 89.4 Å². The van der Waals surface area contributed by atoms with Crippen LogP contribution >= 0.6 is 0 Å². The van der Waals surface area contributed by atoms with E-state index in [0.717, 1.165) is 27.9 Å². The highest BCUT2D eigenvalue weighted by Crippen LogP contribution is 2.35. The van der Waals surface area contributed by atoms with Crippen LogP contribution in [0.5, 0.6) is 0 Å². The zero-order valence-corrected chi connectivity index (χ0v) is 16.3. The van der Waals surface area contributed by atoms with Crippen LogP contribution in [0.3, 0.4) is 0 Å². The Morgan fingerprint density at radius 1 is 1.07 bits per heavy atom. The number of hydrogen-bond donors (Lipinski definition) is 0. The summed E-state index contributed by atoms with van der Waals surface area (Å²) in [6, 6.07) is 23.3. The quantitative estimate of drug-likeness (QED) is 0.242. The van der Waals surface area contributed by atoms with Gasteiger partial charge in [0.05, 0.1) is 11.3 Å². The molecule has 0 atom stereocenters. The molecule has 0 amide bonds. The van der Waals surface area contributed by atoms with Gasteiger partial charge in [0.2, 0.25) is 5.78 Å². The Balaban J connectivity index is 1.98. The van der Waals surface area contributed by atoms with E-state index in [1.165, 1.54) is 6.08 Å². The van der Waals surface area contributed by atoms with Gasteiger partial charge in [-0.3, -0.25) is 4.79 Å². The number of nitriles is 1. The number of nitrogens with zero attached hydrogens (tertiary/aromatic N) is 2. The molecule has 0 saturated heterocycles. The summed E-state index contributed by atoms with van der Waals surface area (Å²) in [7, 11) is 0. The number of carbonyl (C=O) groups excluding carboxylic acids is 1. The van der Waals surface area contributed by atoms with Crippen molar-refractivity contribution in [1.82, 2.24) is 4.57 Å². The van der Waals surface area contributed by atoms with Gasteiger partial charge >= 0.3 is 0 Å². The van der Waals surface area contributed by atoms with Gasteiger partial charge in [0.25, 0.3) is 0 Å². The fourth-order valence-electron chi connectivity index (χ4n) is 3.71. The van der Waals surface area contributed by atoms with Crippen molar-refractivity contribution in [2.24, 2.45) is 0 Å². The lowest BCUT2D eigenvalue weighted by atomic mass is 9.97. The molecule has 142 valence electrons. The maximum atomic E-state index is 13.6. The van der Waals surface area contributed by atoms with Gasteiger partial charge in [0, 0.05) is 23.5 Å². The largest absolute Gasteiger partial charge is 0.462 e. The van der Waals surface area contributed by atoms with E-state index in [2.05, 4.69) is 17.6 Å². The van der Waals surface area contributed by atoms with Crippen molar-refractivity contribution in [2.45, 2.75) is 20.4 Å². The summed E-state index contributed by atoms with van der Waals surface area (Å²) in [5.74, 6) is 0.922. The Morgan fingerprint density at radius 3 is 2.45 bits per heavy atom. The molecule has 2 aromatic heterocycles. The van der Waals surface area contributed by atoms with Crippen LogP contribution < -0.4 is 0 Å². The molecule has 2 aromatic carbocycles. The number of Topliss-reactive ketones (excluding diaryl/α,β-unsaturated/α-hetero) is 1. The van der Waals surface area contributed by atoms with Crippen molar-refractivity contribution >= 4 is 22.8 Å². The van der Waals surface area contributed by atoms with Gasteiger partial charge in [0.1, 0.15) is 23.2 Å². The van der Waals surface area contributed by atoms with Gasteiger partial charge in [0.15, 0.2) is 0 Å². The van der Waals surface area contributed by atoms with Crippen LogP contribution in [-0.4, -0.2) is 10.4 Å². The highest BCUT2D eigenvalue weighted by molar-refractivity contribution is 6.23. The minimum absolute atomic E-state index is 0.0514. The molecule has 0 aliphatic rings. The van der Waals surface area contributed by atoms with Gasteiger partial charge in [-0.1, -0.05) is 48.5 Å². The molecule has 0 radical (unpaired) electrons. The second kappa shape index (κ2) is 7.65. The summed E-state index contributed by atoms with van der Waals surface area (Å²) in [6.45, 7) is 4.59. The summed E-state index contributed by atoms with van der Waals surface area (Å²) < 4.78 is 7.67. The molecular formula is C25H20N2O2. The van der Waals surface area contributed by atoms with Crippen LogP contribution in [0.25, 0.3) is 28.2 Å². The predicted octanol–water partition coefficient (Wildman–Crippen LogP) is 6.02. The number of aromatic nitrogens is 1. The SMILES string of the molecule is CCn1c(-c2ccccc2)c(C(=O)/C(C#N)=C/c2ccc(C)o2)c2ccccc21. The molecule has 0 fully saturated rings. The summed E-state index contributed by atoms with van der Waals surface area (Å²) in [5.41, 5.74) is 3.35. The van der Waals surface area contributed by atoms with Crippen LogP contribution in [0.4, 0.5) is 0 Å². The van der Waals surface area contributed by atoms with Crippen molar-refractivity contribution < 1.29 is 9.21 Å². The summed E-state index contributed by atoms with van der Waals surface area (Å²) in [6.07, 6.45) is 1.52. The molecule has 0 saturated carbocycles. The van der Waals surface area contributed by atoms with Crippen LogP contribution in [0.1, 0.15) is 28.8 Å². The third-order valence-electron chi connectivity index (χ3n) is 4.97. The molecule has 29 heavy (non-hydrogen) atoms. The van der Waals surface area contributed by atoms with Gasteiger partial charge in [-0.25, -0.2) is 0 Å². The first-order valence-electron chi connectivity index (χ1n) is 9.53. The second-order valence-electron chi connectivity index (χ2n) is 6.80. The number of para-hydroxylation sites is 1. The zero-order valence-electron chi connectivity index (χ0n) is 16.3. The molecule has 0 bridgehead atoms. The van der Waals surface area contributed by atoms with E-state index in [-0.39, 0.29) is 11.4 Å². The van der Waals surface area contributed by atoms with Crippen molar-refractivity contribution in [2.75, 3.05) is 0 Å². The minimum Gasteiger partial charge on any atom is -0.462 e. The first kappa shape index (κ1) is 18.5. The Morgan fingerprint density at radius 2 is 1.79 bits per heavy atom. The number of fused-ring (bicyclic) bond motifs is 1. The van der Waals surface area contributed by atoms with Crippen LogP contribution in [0.15, 0.2) is 76.7 Å². The van der Waals surface area contributed by atoms with E-state index in [1.54, 1.807) is 6.07 Å². The average molecular weight is 380 g/mol. The number of allylic oxidation sites excluding steroid dienone is 1. The standard InChI is InChI=1S/C25H20N2O2/c1-3-27-22-12-8-7-11-21(22)23(24(27)18-9-5-4-6-10-18)25(28)19(16-26)15-20-14-13-17(2)29-20/h4-15H,3H2,1-2H3/b19-15+. The number of ketones is 1. The maximum absolute atomic E-state index is 13.6. The molecule has 2 heterocycles. The lowest BCUT2D eigenvalue weighted by Gasteiger charge is -2.10. The second-order valence-corrected chi connectivity index (χ2v) is 6.80. The molecule has 0 aliphatic carbocycles. The third kappa shape index (κ3) is 3.28. The molecule has 0 unspecified atom stereocenters. The Kier molecular flexibility index (Phi) is 4.88. The summed E-state index contributed by atoms with van der Waals surface area (Å²) in [4.78, 5) is 13.6. The molecule has 4 rings (SSSR count). The monoisotopic (exact) mass is 380 g/mol. The van der Waals surface area contributed by atoms with Crippen LogP contribution in [-0.2, 0) is 6.54 Å². The fraction of sp³-hybridized carbons (Fsp3) is 0.120. The Hall–Kier alpha value is -3.84. The smallest absolute Gasteiger partial charge is 0.206 e. The minimum atomic E-state index is -0.302.